The van der Waals surface area contributed by atoms with E-state index in [0.717, 1.165) is 0 Å². The van der Waals surface area contributed by atoms with E-state index >= 15 is 0 Å². The molecule has 0 saturated heterocycles. The number of nitrogens with zero attached hydrogens (tertiary/aromatic N) is 2. The number of hydrogen-bond donors (Lipinski definition) is 1. The van der Waals surface area contributed by atoms with Gasteiger partial charge in [0.1, 0.15) is 4.47 Å². The molecule has 0 bridgehead atoms. The van der Waals surface area contributed by atoms with Crippen molar-refractivity contribution >= 4 is 21.6 Å². The quantitative estimate of drug-likeness (QED) is 0.763. The van der Waals surface area contributed by atoms with Gasteiger partial charge in [-0.2, -0.15) is 5.10 Å². The van der Waals surface area contributed by atoms with Gasteiger partial charge in [-0.1, -0.05) is 6.08 Å². The zero-order chi connectivity index (χ0) is 9.14. The summed E-state index contributed by atoms with van der Waals surface area (Å²) < 4.78 is 1.62. The van der Waals surface area contributed by atoms with Gasteiger partial charge < -0.3 is 5.73 Å². The first kappa shape index (κ1) is 8.99. The molecule has 0 atom stereocenters. The normalized spacial score (nSPS) is 9.75. The molecule has 12 heavy (non-hydrogen) atoms. The summed E-state index contributed by atoms with van der Waals surface area (Å²) in [7, 11) is 0. The topological polar surface area (TPSA) is 60.9 Å². The summed E-state index contributed by atoms with van der Waals surface area (Å²) in [6.07, 6.45) is 3.02. The molecule has 1 aromatic heterocycles. The van der Waals surface area contributed by atoms with Crippen molar-refractivity contribution in [3.63, 3.8) is 0 Å². The summed E-state index contributed by atoms with van der Waals surface area (Å²) in [6.45, 7) is 3.89. The molecule has 0 amide bonds. The molecule has 0 aliphatic carbocycles. The Morgan fingerprint density at radius 2 is 2.50 bits per heavy atom. The van der Waals surface area contributed by atoms with Crippen molar-refractivity contribution < 1.29 is 0 Å². The van der Waals surface area contributed by atoms with Gasteiger partial charge in [-0.05, 0) is 15.9 Å². The zero-order valence-electron chi connectivity index (χ0n) is 6.33. The Hall–Kier alpha value is -1.10. The maximum absolute atomic E-state index is 11.3. The number of nitrogen functional groups attached to an aromatic ring is 1. The van der Waals surface area contributed by atoms with E-state index < -0.39 is 0 Å². The molecule has 0 aliphatic heterocycles. The zero-order valence-corrected chi connectivity index (χ0v) is 7.91. The molecule has 2 N–H and O–H groups in total. The summed E-state index contributed by atoms with van der Waals surface area (Å²) in [5.74, 6) is 0. The van der Waals surface area contributed by atoms with E-state index in [0.29, 0.717) is 16.7 Å². The van der Waals surface area contributed by atoms with Crippen molar-refractivity contribution in [1.29, 1.82) is 0 Å². The minimum atomic E-state index is -0.241. The molecule has 0 saturated carbocycles. The second-order valence-electron chi connectivity index (χ2n) is 2.19. The van der Waals surface area contributed by atoms with Gasteiger partial charge in [0.05, 0.1) is 18.4 Å². The van der Waals surface area contributed by atoms with Gasteiger partial charge in [0.25, 0.3) is 5.56 Å². The highest BCUT2D eigenvalue weighted by Gasteiger charge is 2.03. The third-order valence-electron chi connectivity index (χ3n) is 1.31. The third kappa shape index (κ3) is 1.55. The molecule has 1 aromatic rings. The van der Waals surface area contributed by atoms with Crippen LogP contribution >= 0.6 is 15.9 Å². The van der Waals surface area contributed by atoms with Crippen molar-refractivity contribution in [2.75, 3.05) is 5.73 Å². The molecule has 0 fully saturated rings. The molecular formula is C7H8BrN3O. The number of hydrogen-bond acceptors (Lipinski definition) is 3. The number of rotatable bonds is 2. The molecule has 0 aliphatic rings. The van der Waals surface area contributed by atoms with E-state index in [4.69, 9.17) is 5.73 Å². The lowest BCUT2D eigenvalue weighted by Gasteiger charge is -2.01. The molecule has 64 valence electrons. The van der Waals surface area contributed by atoms with E-state index in [-0.39, 0.29) is 5.56 Å². The molecule has 1 rings (SSSR count). The molecule has 0 spiro atoms. The number of anilines is 1. The highest BCUT2D eigenvalue weighted by atomic mass is 79.9. The third-order valence-corrected chi connectivity index (χ3v) is 2.11. The average molecular weight is 230 g/mol. The first-order valence-electron chi connectivity index (χ1n) is 3.28. The first-order chi connectivity index (χ1) is 5.66. The second kappa shape index (κ2) is 3.53. The number of aromatic nitrogens is 2. The van der Waals surface area contributed by atoms with Crippen LogP contribution in [-0.4, -0.2) is 9.78 Å². The van der Waals surface area contributed by atoms with Crippen LogP contribution < -0.4 is 11.3 Å². The largest absolute Gasteiger partial charge is 0.396 e. The van der Waals surface area contributed by atoms with Crippen LogP contribution in [0.3, 0.4) is 0 Å². The van der Waals surface area contributed by atoms with Gasteiger partial charge in [0.2, 0.25) is 0 Å². The Balaban J connectivity index is 3.26. The van der Waals surface area contributed by atoms with E-state index in [1.54, 1.807) is 6.08 Å². The van der Waals surface area contributed by atoms with Crippen LogP contribution in [0, 0.1) is 0 Å². The Bertz CT molecular complexity index is 358. The van der Waals surface area contributed by atoms with Crippen molar-refractivity contribution in [1.82, 2.24) is 9.78 Å². The fourth-order valence-electron chi connectivity index (χ4n) is 0.730. The van der Waals surface area contributed by atoms with Crippen LogP contribution in [-0.2, 0) is 6.54 Å². The van der Waals surface area contributed by atoms with Crippen LogP contribution in [0.15, 0.2) is 28.1 Å². The fraction of sp³-hybridized carbons (Fsp3) is 0.143. The van der Waals surface area contributed by atoms with E-state index in [1.165, 1.54) is 10.9 Å². The fourth-order valence-corrected chi connectivity index (χ4v) is 1.04. The van der Waals surface area contributed by atoms with Gasteiger partial charge in [0, 0.05) is 0 Å². The predicted molar refractivity (Wildman–Crippen MR) is 50.8 cm³/mol. The van der Waals surface area contributed by atoms with Gasteiger partial charge in [-0.3, -0.25) is 4.79 Å². The summed E-state index contributed by atoms with van der Waals surface area (Å²) >= 11 is 3.07. The summed E-state index contributed by atoms with van der Waals surface area (Å²) in [6, 6.07) is 0. The number of nitrogens with two attached hydrogens (primary N) is 1. The first-order valence-corrected chi connectivity index (χ1v) is 4.08. The lowest BCUT2D eigenvalue weighted by atomic mass is 10.5. The molecule has 5 heteroatoms. The molecule has 1 heterocycles. The van der Waals surface area contributed by atoms with Gasteiger partial charge in [-0.15, -0.1) is 6.58 Å². The molecule has 0 unspecified atom stereocenters. The summed E-state index contributed by atoms with van der Waals surface area (Å²) in [5.41, 5.74) is 5.54. The lowest BCUT2D eigenvalue weighted by molar-refractivity contribution is 0.649. The molecule has 0 radical (unpaired) electrons. The SMILES string of the molecule is C=CCn1ncc(N)c(Br)c1=O. The van der Waals surface area contributed by atoms with E-state index in [2.05, 4.69) is 27.6 Å². The van der Waals surface area contributed by atoms with Crippen molar-refractivity contribution in [2.45, 2.75) is 6.54 Å². The Morgan fingerprint density at radius 1 is 1.83 bits per heavy atom. The van der Waals surface area contributed by atoms with Gasteiger partial charge >= 0.3 is 0 Å². The predicted octanol–water partition coefficient (Wildman–Crippen LogP) is 0.774. The van der Waals surface area contributed by atoms with Gasteiger partial charge in [0.15, 0.2) is 0 Å². The van der Waals surface area contributed by atoms with Crippen LogP contribution in [0.1, 0.15) is 0 Å². The van der Waals surface area contributed by atoms with E-state index in [1.807, 2.05) is 0 Å². The Morgan fingerprint density at radius 3 is 3.08 bits per heavy atom. The monoisotopic (exact) mass is 229 g/mol. The average Bonchev–Trinajstić information content (AvgIpc) is 2.07. The minimum absolute atomic E-state index is 0.241. The Kier molecular flexibility index (Phi) is 2.65. The molecule has 0 aromatic carbocycles. The second-order valence-corrected chi connectivity index (χ2v) is 2.98. The highest BCUT2D eigenvalue weighted by Crippen LogP contribution is 2.10. The molecule has 4 nitrogen and oxygen atoms in total. The van der Waals surface area contributed by atoms with Crippen molar-refractivity contribution in [2.24, 2.45) is 0 Å². The molecular weight excluding hydrogens is 222 g/mol. The maximum Gasteiger partial charge on any atom is 0.283 e. The van der Waals surface area contributed by atoms with Crippen molar-refractivity contribution in [3.8, 4) is 0 Å². The van der Waals surface area contributed by atoms with Crippen LogP contribution in [0.2, 0.25) is 0 Å². The Labute approximate surface area is 77.8 Å². The van der Waals surface area contributed by atoms with Gasteiger partial charge in [-0.25, -0.2) is 4.68 Å². The van der Waals surface area contributed by atoms with Crippen molar-refractivity contribution in [3.05, 3.63) is 33.7 Å². The van der Waals surface area contributed by atoms with E-state index in [9.17, 15) is 4.79 Å². The summed E-state index contributed by atoms with van der Waals surface area (Å²) in [4.78, 5) is 11.3. The lowest BCUT2D eigenvalue weighted by Crippen LogP contribution is -2.23. The minimum Gasteiger partial charge on any atom is -0.396 e. The number of allylic oxidation sites excluding steroid dienone is 1. The van der Waals surface area contributed by atoms with Crippen LogP contribution in [0.4, 0.5) is 5.69 Å². The summed E-state index contributed by atoms with van der Waals surface area (Å²) in [5, 5.41) is 3.81. The van der Waals surface area contributed by atoms with Crippen LogP contribution in [0.25, 0.3) is 0 Å². The highest BCUT2D eigenvalue weighted by molar-refractivity contribution is 9.10. The number of halogens is 1. The smallest absolute Gasteiger partial charge is 0.283 e. The van der Waals surface area contributed by atoms with Crippen LogP contribution in [0.5, 0.6) is 0 Å². The maximum atomic E-state index is 11.3. The standard InChI is InChI=1S/C7H8BrN3O/c1-2-3-11-7(12)6(8)5(9)4-10-11/h2,4H,1,3,9H2.